The van der Waals surface area contributed by atoms with Gasteiger partial charge in [0.25, 0.3) is 0 Å². The maximum Gasteiger partial charge on any atom is 0.325 e. The lowest BCUT2D eigenvalue weighted by Gasteiger charge is -2.19. The van der Waals surface area contributed by atoms with Crippen molar-refractivity contribution in [3.05, 3.63) is 35.4 Å². The van der Waals surface area contributed by atoms with Gasteiger partial charge in [-0.1, -0.05) is 6.07 Å². The molecule has 1 aromatic rings. The second kappa shape index (κ2) is 6.95. The average molecular weight is 286 g/mol. The summed E-state index contributed by atoms with van der Waals surface area (Å²) >= 11 is 0. The highest BCUT2D eigenvalue weighted by Gasteiger charge is 2.23. The summed E-state index contributed by atoms with van der Waals surface area (Å²) in [5.41, 5.74) is -0.158. The van der Waals surface area contributed by atoms with Crippen LogP contribution in [0.4, 0.5) is 8.78 Å². The fourth-order valence-corrected chi connectivity index (χ4v) is 1.76. The Labute approximate surface area is 115 Å². The Morgan fingerprint density at radius 3 is 2.50 bits per heavy atom. The Morgan fingerprint density at radius 1 is 1.35 bits per heavy atom. The van der Waals surface area contributed by atoms with E-state index in [-0.39, 0.29) is 24.1 Å². The van der Waals surface area contributed by atoms with Crippen LogP contribution in [0.2, 0.25) is 0 Å². The van der Waals surface area contributed by atoms with E-state index in [0.29, 0.717) is 6.07 Å². The van der Waals surface area contributed by atoms with Crippen LogP contribution in [0.1, 0.15) is 25.5 Å². The minimum absolute atomic E-state index is 0.132. The van der Waals surface area contributed by atoms with Gasteiger partial charge < -0.3 is 10.4 Å². The van der Waals surface area contributed by atoms with E-state index in [1.54, 1.807) is 6.92 Å². The van der Waals surface area contributed by atoms with Crippen molar-refractivity contribution < 1.29 is 23.5 Å². The van der Waals surface area contributed by atoms with Crippen molar-refractivity contribution in [1.29, 1.82) is 0 Å². The second-order valence-electron chi connectivity index (χ2n) is 4.45. The number of carboxylic acids is 1. The number of nitrogens with one attached hydrogen (secondary N) is 2. The van der Waals surface area contributed by atoms with Gasteiger partial charge in [-0.2, -0.15) is 0 Å². The maximum atomic E-state index is 13.6. The highest BCUT2D eigenvalue weighted by Crippen LogP contribution is 2.18. The van der Waals surface area contributed by atoms with E-state index in [1.165, 1.54) is 6.92 Å². The lowest BCUT2D eigenvalue weighted by atomic mass is 10.1. The Bertz CT molecular complexity index is 508. The van der Waals surface area contributed by atoms with Crippen LogP contribution in [0.3, 0.4) is 0 Å². The smallest absolute Gasteiger partial charge is 0.325 e. The predicted octanol–water partition coefficient (Wildman–Crippen LogP) is 1.20. The first kappa shape index (κ1) is 16.0. The minimum Gasteiger partial charge on any atom is -0.480 e. The van der Waals surface area contributed by atoms with Gasteiger partial charge in [0.2, 0.25) is 5.91 Å². The summed E-state index contributed by atoms with van der Waals surface area (Å²) in [4.78, 5) is 22.0. The molecule has 0 saturated heterocycles. The molecule has 7 heteroatoms. The molecular formula is C13H16F2N2O3. The van der Waals surface area contributed by atoms with E-state index in [0.717, 1.165) is 12.1 Å². The zero-order chi connectivity index (χ0) is 15.3. The molecule has 110 valence electrons. The van der Waals surface area contributed by atoms with Crippen LogP contribution in [0, 0.1) is 11.6 Å². The molecule has 5 nitrogen and oxygen atoms in total. The first-order chi connectivity index (χ1) is 9.31. The number of carbonyl (C=O) groups excluding carboxylic acids is 1. The van der Waals surface area contributed by atoms with Gasteiger partial charge in [-0.3, -0.25) is 14.9 Å². The Morgan fingerprint density at radius 2 is 2.00 bits per heavy atom. The first-order valence-corrected chi connectivity index (χ1v) is 5.99. The molecule has 0 aliphatic heterocycles. The van der Waals surface area contributed by atoms with Crippen LogP contribution in [0.25, 0.3) is 0 Å². The van der Waals surface area contributed by atoms with E-state index in [4.69, 9.17) is 5.11 Å². The van der Waals surface area contributed by atoms with Gasteiger partial charge in [0.05, 0.1) is 0 Å². The number of benzene rings is 1. The Kier molecular flexibility index (Phi) is 5.57. The number of carboxylic acid groups (broad SMARTS) is 1. The highest BCUT2D eigenvalue weighted by atomic mass is 19.1. The molecular weight excluding hydrogens is 270 g/mol. The zero-order valence-corrected chi connectivity index (χ0v) is 11.1. The molecule has 20 heavy (non-hydrogen) atoms. The number of carbonyl (C=O) groups is 2. The van der Waals surface area contributed by atoms with Crippen LogP contribution in [0.5, 0.6) is 0 Å². The molecule has 1 aromatic carbocycles. The molecule has 0 fully saturated rings. The average Bonchev–Trinajstić information content (AvgIpc) is 2.30. The minimum atomic E-state index is -1.31. The zero-order valence-electron chi connectivity index (χ0n) is 11.1. The molecule has 2 atom stereocenters. The Hall–Kier alpha value is -2.02. The summed E-state index contributed by atoms with van der Waals surface area (Å²) in [6.45, 7) is 3.15. The maximum absolute atomic E-state index is 13.6. The third-order valence-electron chi connectivity index (χ3n) is 2.60. The Balaban J connectivity index is 2.79. The lowest BCUT2D eigenvalue weighted by molar-refractivity contribution is -0.139. The second-order valence-corrected chi connectivity index (χ2v) is 4.45. The molecule has 0 bridgehead atoms. The summed E-state index contributed by atoms with van der Waals surface area (Å²) in [6.07, 6.45) is 0. The monoisotopic (exact) mass is 286 g/mol. The number of amides is 1. The van der Waals surface area contributed by atoms with Crippen LogP contribution in [-0.2, 0) is 9.59 Å². The standard InChI is InChI=1S/C13H16F2N2O3/c1-7(17-8(2)18)6-16-12(13(19)20)10-4-3-9(14)5-11(10)15/h3-5,7,12,16H,6H2,1-2H3,(H,17,18)(H,19,20). The topological polar surface area (TPSA) is 78.4 Å². The van der Waals surface area contributed by atoms with E-state index in [2.05, 4.69) is 10.6 Å². The summed E-state index contributed by atoms with van der Waals surface area (Å²) in [7, 11) is 0. The molecule has 1 rings (SSSR count). The number of hydrogen-bond acceptors (Lipinski definition) is 3. The number of hydrogen-bond donors (Lipinski definition) is 3. The van der Waals surface area contributed by atoms with Crippen molar-refractivity contribution in [3.63, 3.8) is 0 Å². The molecule has 0 aliphatic carbocycles. The third kappa shape index (κ3) is 4.58. The van der Waals surface area contributed by atoms with Gasteiger partial charge in [0.15, 0.2) is 0 Å². The van der Waals surface area contributed by atoms with Crippen molar-refractivity contribution >= 4 is 11.9 Å². The van der Waals surface area contributed by atoms with Crippen molar-refractivity contribution in [3.8, 4) is 0 Å². The molecule has 2 unspecified atom stereocenters. The summed E-state index contributed by atoms with van der Waals surface area (Å²) < 4.78 is 26.4. The number of rotatable bonds is 6. The van der Waals surface area contributed by atoms with Gasteiger partial charge in [-0.25, -0.2) is 8.78 Å². The van der Waals surface area contributed by atoms with E-state index >= 15 is 0 Å². The van der Waals surface area contributed by atoms with Crippen LogP contribution in [0.15, 0.2) is 18.2 Å². The van der Waals surface area contributed by atoms with Gasteiger partial charge in [0, 0.05) is 31.1 Å². The van der Waals surface area contributed by atoms with Gasteiger partial charge >= 0.3 is 5.97 Å². The van der Waals surface area contributed by atoms with Crippen LogP contribution in [-0.4, -0.2) is 29.6 Å². The normalized spacial score (nSPS) is 13.6. The lowest BCUT2D eigenvalue weighted by Crippen LogP contribution is -2.41. The number of aliphatic carboxylic acids is 1. The first-order valence-electron chi connectivity index (χ1n) is 5.99. The van der Waals surface area contributed by atoms with E-state index < -0.39 is 23.6 Å². The third-order valence-corrected chi connectivity index (χ3v) is 2.60. The van der Waals surface area contributed by atoms with Gasteiger partial charge in [-0.15, -0.1) is 0 Å². The van der Waals surface area contributed by atoms with Crippen LogP contribution < -0.4 is 10.6 Å². The van der Waals surface area contributed by atoms with Crippen molar-refractivity contribution in [2.24, 2.45) is 0 Å². The van der Waals surface area contributed by atoms with Crippen LogP contribution >= 0.6 is 0 Å². The molecule has 0 aromatic heterocycles. The SMILES string of the molecule is CC(=O)NC(C)CNC(C(=O)O)c1ccc(F)cc1F. The quantitative estimate of drug-likeness (QED) is 0.734. The molecule has 0 heterocycles. The molecule has 0 spiro atoms. The van der Waals surface area contributed by atoms with Crippen molar-refractivity contribution in [2.75, 3.05) is 6.54 Å². The van der Waals surface area contributed by atoms with Crippen molar-refractivity contribution in [2.45, 2.75) is 25.9 Å². The highest BCUT2D eigenvalue weighted by molar-refractivity contribution is 5.75. The fourth-order valence-electron chi connectivity index (χ4n) is 1.76. The summed E-state index contributed by atoms with van der Waals surface area (Å²) in [5.74, 6) is -3.25. The number of halogens is 2. The van der Waals surface area contributed by atoms with E-state index in [9.17, 15) is 18.4 Å². The molecule has 0 aliphatic rings. The molecule has 1 amide bonds. The van der Waals surface area contributed by atoms with Gasteiger partial charge in [-0.05, 0) is 13.0 Å². The summed E-state index contributed by atoms with van der Waals surface area (Å²) in [6, 6.07) is 1.07. The summed E-state index contributed by atoms with van der Waals surface area (Å²) in [5, 5.41) is 14.3. The molecule has 3 N–H and O–H groups in total. The molecule has 0 saturated carbocycles. The van der Waals surface area contributed by atoms with Crippen molar-refractivity contribution in [1.82, 2.24) is 10.6 Å². The van der Waals surface area contributed by atoms with Gasteiger partial charge in [0.1, 0.15) is 17.7 Å². The largest absolute Gasteiger partial charge is 0.480 e. The predicted molar refractivity (Wildman–Crippen MR) is 68.0 cm³/mol. The fraction of sp³-hybridized carbons (Fsp3) is 0.385. The van der Waals surface area contributed by atoms with E-state index in [1.807, 2.05) is 0 Å². The molecule has 0 radical (unpaired) electrons.